The SMILES string of the molecule is COC(=O)c1ccc(C(O)C(O)CN=[N+]=[N-])cc1Cl. The van der Waals surface area contributed by atoms with Gasteiger partial charge in [0.25, 0.3) is 0 Å². The largest absolute Gasteiger partial charge is 0.465 e. The molecule has 0 aliphatic rings. The number of aliphatic hydroxyl groups excluding tert-OH is 2. The number of carbonyl (C=O) groups is 1. The topological polar surface area (TPSA) is 116 Å². The van der Waals surface area contributed by atoms with Crippen molar-refractivity contribution in [3.05, 3.63) is 44.8 Å². The number of hydrogen-bond donors (Lipinski definition) is 2. The van der Waals surface area contributed by atoms with Gasteiger partial charge in [0, 0.05) is 4.91 Å². The molecule has 1 aromatic carbocycles. The van der Waals surface area contributed by atoms with E-state index in [0.29, 0.717) is 5.56 Å². The van der Waals surface area contributed by atoms with E-state index in [1.54, 1.807) is 0 Å². The molecule has 0 aliphatic carbocycles. The number of esters is 1. The molecular weight excluding hydrogens is 274 g/mol. The predicted octanol–water partition coefficient (Wildman–Crippen LogP) is 1.83. The lowest BCUT2D eigenvalue weighted by atomic mass is 10.0. The smallest absolute Gasteiger partial charge is 0.339 e. The maximum atomic E-state index is 11.3. The van der Waals surface area contributed by atoms with Crippen LogP contribution in [0.1, 0.15) is 22.0 Å². The van der Waals surface area contributed by atoms with Crippen molar-refractivity contribution in [2.24, 2.45) is 5.11 Å². The van der Waals surface area contributed by atoms with Crippen LogP contribution >= 0.6 is 11.6 Å². The summed E-state index contributed by atoms with van der Waals surface area (Å²) in [7, 11) is 1.23. The summed E-state index contributed by atoms with van der Waals surface area (Å²) in [6.45, 7) is -0.270. The summed E-state index contributed by atoms with van der Waals surface area (Å²) < 4.78 is 4.53. The molecule has 2 N–H and O–H groups in total. The maximum Gasteiger partial charge on any atom is 0.339 e. The Kier molecular flexibility index (Phi) is 5.59. The highest BCUT2D eigenvalue weighted by atomic mass is 35.5. The van der Waals surface area contributed by atoms with Gasteiger partial charge in [0.1, 0.15) is 6.10 Å². The fourth-order valence-electron chi connectivity index (χ4n) is 1.43. The second kappa shape index (κ2) is 6.96. The maximum absolute atomic E-state index is 11.3. The fraction of sp³-hybridized carbons (Fsp3) is 0.364. The molecule has 7 nitrogen and oxygen atoms in total. The summed E-state index contributed by atoms with van der Waals surface area (Å²) in [5.41, 5.74) is 8.59. The van der Waals surface area contributed by atoms with Crippen LogP contribution in [0.15, 0.2) is 23.3 Å². The Morgan fingerprint density at radius 3 is 2.79 bits per heavy atom. The molecule has 1 aromatic rings. The van der Waals surface area contributed by atoms with Crippen molar-refractivity contribution in [1.29, 1.82) is 0 Å². The third-order valence-corrected chi connectivity index (χ3v) is 2.75. The van der Waals surface area contributed by atoms with Gasteiger partial charge in [-0.2, -0.15) is 0 Å². The summed E-state index contributed by atoms with van der Waals surface area (Å²) in [5.74, 6) is -0.597. The Balaban J connectivity index is 2.94. The van der Waals surface area contributed by atoms with E-state index in [1.807, 2.05) is 0 Å². The van der Waals surface area contributed by atoms with Crippen LogP contribution in [-0.4, -0.2) is 35.9 Å². The van der Waals surface area contributed by atoms with Crippen LogP contribution in [0, 0.1) is 0 Å². The van der Waals surface area contributed by atoms with E-state index in [0.717, 1.165) is 0 Å². The number of halogens is 1. The van der Waals surface area contributed by atoms with Crippen LogP contribution in [-0.2, 0) is 4.74 Å². The first-order valence-corrected chi connectivity index (χ1v) is 5.63. The van der Waals surface area contributed by atoms with Gasteiger partial charge in [0.05, 0.1) is 30.3 Å². The molecule has 8 heteroatoms. The standard InChI is InChI=1S/C11H12ClN3O4/c1-19-11(18)7-3-2-6(4-8(7)12)10(17)9(16)5-14-15-13/h2-4,9-10,16-17H,5H2,1H3. The zero-order chi connectivity index (χ0) is 14.4. The molecule has 0 saturated heterocycles. The Bertz CT molecular complexity index is 517. The van der Waals surface area contributed by atoms with E-state index in [9.17, 15) is 15.0 Å². The van der Waals surface area contributed by atoms with Gasteiger partial charge in [-0.25, -0.2) is 4.79 Å². The minimum atomic E-state index is -1.27. The van der Waals surface area contributed by atoms with Crippen molar-refractivity contribution in [1.82, 2.24) is 0 Å². The highest BCUT2D eigenvalue weighted by molar-refractivity contribution is 6.33. The number of hydrogen-bond acceptors (Lipinski definition) is 5. The van der Waals surface area contributed by atoms with Crippen LogP contribution in [0.2, 0.25) is 5.02 Å². The van der Waals surface area contributed by atoms with E-state index >= 15 is 0 Å². The van der Waals surface area contributed by atoms with Crippen molar-refractivity contribution in [3.8, 4) is 0 Å². The normalized spacial score (nSPS) is 13.3. The minimum Gasteiger partial charge on any atom is -0.465 e. The van der Waals surface area contributed by atoms with E-state index < -0.39 is 18.2 Å². The summed E-state index contributed by atoms with van der Waals surface area (Å²) >= 11 is 5.88. The molecule has 19 heavy (non-hydrogen) atoms. The van der Waals surface area contributed by atoms with Gasteiger partial charge in [0.15, 0.2) is 0 Å². The second-order valence-corrected chi connectivity index (χ2v) is 4.06. The Morgan fingerprint density at radius 2 is 2.26 bits per heavy atom. The number of carbonyl (C=O) groups excluding carboxylic acids is 1. The lowest BCUT2D eigenvalue weighted by Crippen LogP contribution is -2.21. The lowest BCUT2D eigenvalue weighted by molar-refractivity contribution is 0.0244. The van der Waals surface area contributed by atoms with E-state index in [4.69, 9.17) is 17.1 Å². The van der Waals surface area contributed by atoms with Gasteiger partial charge in [-0.3, -0.25) is 0 Å². The van der Waals surface area contributed by atoms with Gasteiger partial charge in [0.2, 0.25) is 0 Å². The van der Waals surface area contributed by atoms with Crippen LogP contribution in [0.4, 0.5) is 0 Å². The minimum absolute atomic E-state index is 0.0967. The Labute approximate surface area is 114 Å². The third-order valence-electron chi connectivity index (χ3n) is 2.44. The number of benzene rings is 1. The summed E-state index contributed by atoms with van der Waals surface area (Å²) in [4.78, 5) is 13.8. The highest BCUT2D eigenvalue weighted by Gasteiger charge is 2.20. The average Bonchev–Trinajstić information content (AvgIpc) is 2.42. The third kappa shape index (κ3) is 3.84. The van der Waals surface area contributed by atoms with Gasteiger partial charge >= 0.3 is 5.97 Å². The van der Waals surface area contributed by atoms with Gasteiger partial charge in [-0.15, -0.1) is 0 Å². The Hall–Kier alpha value is -1.79. The van der Waals surface area contributed by atoms with Crippen molar-refractivity contribution < 1.29 is 19.7 Å². The quantitative estimate of drug-likeness (QED) is 0.371. The molecular formula is C11H12ClN3O4. The average molecular weight is 286 g/mol. The van der Waals surface area contributed by atoms with Gasteiger partial charge in [-0.05, 0) is 23.2 Å². The molecule has 0 heterocycles. The molecule has 2 unspecified atom stereocenters. The highest BCUT2D eigenvalue weighted by Crippen LogP contribution is 2.24. The van der Waals surface area contributed by atoms with Gasteiger partial charge < -0.3 is 14.9 Å². The van der Waals surface area contributed by atoms with E-state index in [1.165, 1.54) is 25.3 Å². The van der Waals surface area contributed by atoms with Crippen LogP contribution in [0.25, 0.3) is 10.4 Å². The van der Waals surface area contributed by atoms with Crippen LogP contribution in [0.3, 0.4) is 0 Å². The first-order chi connectivity index (χ1) is 9.01. The molecule has 0 bridgehead atoms. The first-order valence-electron chi connectivity index (χ1n) is 5.26. The van der Waals surface area contributed by atoms with Crippen LogP contribution < -0.4 is 0 Å². The number of rotatable bonds is 5. The molecule has 0 saturated carbocycles. The molecule has 102 valence electrons. The van der Waals surface area contributed by atoms with E-state index in [2.05, 4.69) is 14.8 Å². The molecule has 0 aliphatic heterocycles. The van der Waals surface area contributed by atoms with Crippen molar-refractivity contribution in [2.75, 3.05) is 13.7 Å². The zero-order valence-electron chi connectivity index (χ0n) is 10.0. The lowest BCUT2D eigenvalue weighted by Gasteiger charge is -2.17. The number of ether oxygens (including phenoxy) is 1. The number of nitrogens with zero attached hydrogens (tertiary/aromatic N) is 3. The number of aliphatic hydroxyl groups is 2. The summed E-state index contributed by atoms with van der Waals surface area (Å²) in [6.07, 6.45) is -2.52. The predicted molar refractivity (Wildman–Crippen MR) is 67.8 cm³/mol. The Morgan fingerprint density at radius 1 is 1.58 bits per heavy atom. The summed E-state index contributed by atoms with van der Waals surface area (Å²) in [5, 5.41) is 22.6. The van der Waals surface area contributed by atoms with Crippen molar-refractivity contribution in [3.63, 3.8) is 0 Å². The van der Waals surface area contributed by atoms with E-state index in [-0.39, 0.29) is 17.1 Å². The van der Waals surface area contributed by atoms with Gasteiger partial charge in [-0.1, -0.05) is 22.8 Å². The molecule has 0 fully saturated rings. The monoisotopic (exact) mass is 285 g/mol. The van der Waals surface area contributed by atoms with Crippen LogP contribution in [0.5, 0.6) is 0 Å². The molecule has 2 atom stereocenters. The first kappa shape index (κ1) is 15.3. The fourth-order valence-corrected chi connectivity index (χ4v) is 1.70. The molecule has 0 radical (unpaired) electrons. The number of methoxy groups -OCH3 is 1. The second-order valence-electron chi connectivity index (χ2n) is 3.66. The zero-order valence-corrected chi connectivity index (χ0v) is 10.8. The molecule has 0 aromatic heterocycles. The van der Waals surface area contributed by atoms with Crippen molar-refractivity contribution in [2.45, 2.75) is 12.2 Å². The summed E-state index contributed by atoms with van der Waals surface area (Å²) in [6, 6.07) is 4.16. The van der Waals surface area contributed by atoms with Crippen molar-refractivity contribution >= 4 is 17.6 Å². The number of azide groups is 1. The molecule has 0 spiro atoms. The molecule has 0 amide bonds. The molecule has 1 rings (SSSR count).